The number of nitrogens with zero attached hydrogens (tertiary/aromatic N) is 4. The summed E-state index contributed by atoms with van der Waals surface area (Å²) in [5.41, 5.74) is 1.60. The average Bonchev–Trinajstić information content (AvgIpc) is 3.68. The van der Waals surface area contributed by atoms with E-state index < -0.39 is 11.1 Å². The Morgan fingerprint density at radius 2 is 1.81 bits per heavy atom. The van der Waals surface area contributed by atoms with Gasteiger partial charge in [-0.15, -0.1) is 21.5 Å². The smallest absolute Gasteiger partial charge is 0.272 e. The van der Waals surface area contributed by atoms with Crippen molar-refractivity contribution in [2.75, 3.05) is 30.8 Å². The molecular formula is C27H34B3N7O5S. The first-order chi connectivity index (χ1) is 20.4. The maximum absolute atomic E-state index is 13.3. The molecule has 12 nitrogen and oxygen atoms in total. The van der Waals surface area contributed by atoms with Crippen molar-refractivity contribution in [2.24, 2.45) is 5.92 Å². The summed E-state index contributed by atoms with van der Waals surface area (Å²) in [5, 5.41) is 17.3. The number of methoxy groups -OCH3 is 1. The van der Waals surface area contributed by atoms with Crippen LogP contribution < -0.4 is 20.7 Å². The Labute approximate surface area is 256 Å². The van der Waals surface area contributed by atoms with Gasteiger partial charge in [0.05, 0.1) is 42.5 Å². The molecule has 2 atom stereocenters. The van der Waals surface area contributed by atoms with Crippen LogP contribution in [0.5, 0.6) is 5.75 Å². The number of thiazole rings is 1. The van der Waals surface area contributed by atoms with Gasteiger partial charge < -0.3 is 30.3 Å². The Hall–Kier alpha value is -3.91. The lowest BCUT2D eigenvalue weighted by Crippen LogP contribution is -2.50. The fourth-order valence-electron chi connectivity index (χ4n) is 4.86. The molecule has 2 aromatic heterocycles. The number of amides is 3. The Bertz CT molecular complexity index is 1540. The molecule has 0 bridgehead atoms. The first-order valence-corrected chi connectivity index (χ1v) is 15.1. The van der Waals surface area contributed by atoms with Gasteiger partial charge in [0.1, 0.15) is 33.4 Å². The van der Waals surface area contributed by atoms with E-state index in [1.165, 1.54) is 11.3 Å². The third-order valence-electron chi connectivity index (χ3n) is 6.84. The third kappa shape index (κ3) is 7.36. The number of aromatic nitrogens is 3. The molecule has 2 fully saturated rings. The summed E-state index contributed by atoms with van der Waals surface area (Å²) < 4.78 is 11.6. The SMILES string of the molecule is BC(B)(B)NC(=O)c1nnc(NC(=O)C2CC2)cc1Nc1cccc(-c2ncc(C(=O)N3C[C@@H](C)O[C@@H](C)C3)s2)c1OC. The van der Waals surface area contributed by atoms with E-state index in [0.717, 1.165) is 12.8 Å². The molecule has 0 spiro atoms. The van der Waals surface area contributed by atoms with Crippen LogP contribution in [-0.2, 0) is 9.53 Å². The molecule has 1 aliphatic heterocycles. The maximum Gasteiger partial charge on any atom is 0.272 e. The number of morpholine rings is 1. The highest BCUT2D eigenvalue weighted by Gasteiger charge is 2.31. The van der Waals surface area contributed by atoms with E-state index in [1.807, 2.05) is 49.5 Å². The van der Waals surface area contributed by atoms with E-state index in [-0.39, 0.29) is 41.5 Å². The number of ether oxygens (including phenoxy) is 2. The lowest BCUT2D eigenvalue weighted by molar-refractivity contribution is -0.117. The molecule has 3 heterocycles. The molecule has 3 amide bonds. The lowest BCUT2D eigenvalue weighted by atomic mass is 9.49. The number of para-hydroxylation sites is 1. The summed E-state index contributed by atoms with van der Waals surface area (Å²) in [7, 11) is 7.15. The summed E-state index contributed by atoms with van der Waals surface area (Å²) in [6, 6.07) is 7.07. The topological polar surface area (TPSA) is 148 Å². The molecule has 0 unspecified atom stereocenters. The lowest BCUT2D eigenvalue weighted by Gasteiger charge is -2.35. The molecule has 2 aliphatic rings. The molecule has 43 heavy (non-hydrogen) atoms. The number of carbonyl (C=O) groups is 3. The quantitative estimate of drug-likeness (QED) is 0.293. The largest absolute Gasteiger partial charge is 0.494 e. The fraction of sp³-hybridized carbons (Fsp3) is 0.407. The second kappa shape index (κ2) is 12.4. The van der Waals surface area contributed by atoms with Gasteiger partial charge in [-0.1, -0.05) is 6.07 Å². The van der Waals surface area contributed by atoms with E-state index in [2.05, 4.69) is 31.1 Å². The summed E-state index contributed by atoms with van der Waals surface area (Å²) in [4.78, 5) is 45.7. The summed E-state index contributed by atoms with van der Waals surface area (Å²) in [6.45, 7) is 4.95. The van der Waals surface area contributed by atoms with Crippen molar-refractivity contribution in [2.45, 2.75) is 44.1 Å². The van der Waals surface area contributed by atoms with Gasteiger partial charge in [-0.2, -0.15) is 0 Å². The molecule has 1 aromatic carbocycles. The normalized spacial score (nSPS) is 18.5. The van der Waals surface area contributed by atoms with Gasteiger partial charge in [0.15, 0.2) is 17.3 Å². The van der Waals surface area contributed by atoms with E-state index >= 15 is 0 Å². The van der Waals surface area contributed by atoms with Crippen LogP contribution in [0.25, 0.3) is 10.6 Å². The molecule has 3 aromatic rings. The van der Waals surface area contributed by atoms with Crippen molar-refractivity contribution in [3.05, 3.63) is 41.0 Å². The zero-order valence-corrected chi connectivity index (χ0v) is 26.0. The number of rotatable bonds is 9. The van der Waals surface area contributed by atoms with Gasteiger partial charge in [-0.05, 0) is 44.1 Å². The van der Waals surface area contributed by atoms with E-state index in [4.69, 9.17) is 9.47 Å². The highest BCUT2D eigenvalue weighted by Crippen LogP contribution is 2.40. The van der Waals surface area contributed by atoms with Crippen molar-refractivity contribution >= 4 is 69.8 Å². The number of carbonyl (C=O) groups excluding carboxylic acids is 3. The minimum atomic E-state index is -0.510. The Morgan fingerprint density at radius 1 is 1.09 bits per heavy atom. The van der Waals surface area contributed by atoms with Crippen molar-refractivity contribution < 1.29 is 23.9 Å². The van der Waals surface area contributed by atoms with E-state index in [1.54, 1.807) is 30.3 Å². The standard InChI is InChI=1S/C27H34B3N7O5S/c1-13-11-37(12-14(2)42-13)26(40)19-10-31-25(43-19)16-5-4-6-17(22(16)41-3)32-18-9-20(33-23(38)15-7-8-15)35-36-21(18)24(39)34-27(28,29)30/h4-6,9-10,13-15H,7-8,11-12,28-30H2,1-3H3,(H,34,39)(H2,32,33,35,38)/t13-,14+. The van der Waals surface area contributed by atoms with Gasteiger partial charge in [0, 0.05) is 25.1 Å². The van der Waals surface area contributed by atoms with Gasteiger partial charge in [-0.3, -0.25) is 14.4 Å². The fourth-order valence-corrected chi connectivity index (χ4v) is 5.76. The van der Waals surface area contributed by atoms with Crippen molar-refractivity contribution in [1.82, 2.24) is 25.4 Å². The van der Waals surface area contributed by atoms with Crippen LogP contribution >= 0.6 is 11.3 Å². The molecule has 222 valence electrons. The van der Waals surface area contributed by atoms with Crippen molar-refractivity contribution in [3.8, 4) is 16.3 Å². The average molecular weight is 601 g/mol. The monoisotopic (exact) mass is 601 g/mol. The summed E-state index contributed by atoms with van der Waals surface area (Å²) in [5.74, 6) is 0.0409. The van der Waals surface area contributed by atoms with Crippen molar-refractivity contribution in [1.29, 1.82) is 0 Å². The predicted molar refractivity (Wildman–Crippen MR) is 173 cm³/mol. The minimum absolute atomic E-state index is 0.0241. The van der Waals surface area contributed by atoms with Crippen LogP contribution in [0.3, 0.4) is 0 Å². The van der Waals surface area contributed by atoms with Gasteiger partial charge in [0.25, 0.3) is 11.8 Å². The Kier molecular flexibility index (Phi) is 8.79. The molecule has 0 radical (unpaired) electrons. The molecule has 1 saturated heterocycles. The molecule has 1 saturated carbocycles. The predicted octanol–water partition coefficient (Wildman–Crippen LogP) is 0.191. The molecule has 1 aliphatic carbocycles. The van der Waals surface area contributed by atoms with Crippen molar-refractivity contribution in [3.63, 3.8) is 0 Å². The Morgan fingerprint density at radius 3 is 2.47 bits per heavy atom. The number of anilines is 3. The molecule has 16 heteroatoms. The van der Waals surface area contributed by atoms with Gasteiger partial charge in [0.2, 0.25) is 5.91 Å². The second-order valence-electron chi connectivity index (χ2n) is 12.0. The molecule has 5 rings (SSSR count). The van der Waals surface area contributed by atoms with Gasteiger partial charge in [-0.25, -0.2) is 4.98 Å². The first-order valence-electron chi connectivity index (χ1n) is 14.3. The highest BCUT2D eigenvalue weighted by atomic mass is 32.1. The maximum atomic E-state index is 13.3. The minimum Gasteiger partial charge on any atom is -0.494 e. The van der Waals surface area contributed by atoms with Crippen LogP contribution in [0.4, 0.5) is 17.2 Å². The van der Waals surface area contributed by atoms with Crippen LogP contribution in [0.15, 0.2) is 30.5 Å². The summed E-state index contributed by atoms with van der Waals surface area (Å²) in [6.07, 6.45) is 3.19. The van der Waals surface area contributed by atoms with Crippen LogP contribution in [-0.4, -0.2) is 99.0 Å². The van der Waals surface area contributed by atoms with Crippen LogP contribution in [0.2, 0.25) is 0 Å². The van der Waals surface area contributed by atoms with E-state index in [0.29, 0.717) is 45.7 Å². The molecule has 3 N–H and O–H groups in total. The van der Waals surface area contributed by atoms with Gasteiger partial charge >= 0.3 is 0 Å². The zero-order chi connectivity index (χ0) is 30.9. The highest BCUT2D eigenvalue weighted by molar-refractivity contribution is 7.17. The number of hydrogen-bond acceptors (Lipinski definition) is 10. The Balaban J connectivity index is 1.45. The molecular weight excluding hydrogens is 567 g/mol. The van der Waals surface area contributed by atoms with Crippen LogP contribution in [0, 0.1) is 5.92 Å². The first kappa shape index (κ1) is 30.5. The second-order valence-corrected chi connectivity index (χ2v) is 13.0. The van der Waals surface area contributed by atoms with Crippen LogP contribution in [0.1, 0.15) is 46.8 Å². The zero-order valence-electron chi connectivity index (χ0n) is 25.2. The number of hydrogen-bond donors (Lipinski definition) is 3. The summed E-state index contributed by atoms with van der Waals surface area (Å²) >= 11 is 1.28. The van der Waals surface area contributed by atoms with E-state index in [9.17, 15) is 14.4 Å². The number of benzene rings is 1. The number of nitrogens with one attached hydrogen (secondary N) is 3. The third-order valence-corrected chi connectivity index (χ3v) is 7.86.